The molecule has 104 valence electrons. The molecule has 0 saturated heterocycles. The quantitative estimate of drug-likeness (QED) is 0.429. The molecule has 18 heavy (non-hydrogen) atoms. The van der Waals surface area contributed by atoms with E-state index in [2.05, 4.69) is 53.7 Å². The summed E-state index contributed by atoms with van der Waals surface area (Å²) < 4.78 is 0. The second-order valence-corrected chi connectivity index (χ2v) is 3.56. The molecule has 0 radical (unpaired) electrons. The van der Waals surface area contributed by atoms with Crippen molar-refractivity contribution in [2.24, 2.45) is 0 Å². The van der Waals surface area contributed by atoms with Gasteiger partial charge in [0.25, 0.3) is 0 Å². The molecule has 0 saturated carbocycles. The van der Waals surface area contributed by atoms with E-state index < -0.39 is 0 Å². The number of allylic oxidation sites excluding steroid dienone is 4. The van der Waals surface area contributed by atoms with Crippen molar-refractivity contribution >= 4 is 0 Å². The van der Waals surface area contributed by atoms with E-state index in [0.717, 1.165) is 25.7 Å². The zero-order valence-electron chi connectivity index (χ0n) is 12.8. The van der Waals surface area contributed by atoms with Crippen LogP contribution in [0.2, 0.25) is 0 Å². The molecule has 0 aromatic heterocycles. The zero-order valence-corrected chi connectivity index (χ0v) is 14.4. The van der Waals surface area contributed by atoms with Crippen LogP contribution in [0.5, 0.6) is 0 Å². The van der Waals surface area contributed by atoms with Crippen LogP contribution in [0, 0.1) is 26.8 Å². The normalized spacial score (nSPS) is 9.89. The van der Waals surface area contributed by atoms with Gasteiger partial charge in [-0.15, -0.1) is 6.42 Å². The van der Waals surface area contributed by atoms with Crippen molar-refractivity contribution in [1.82, 2.24) is 0 Å². The fourth-order valence-electron chi connectivity index (χ4n) is 0.340. The Morgan fingerprint density at radius 3 is 1.28 bits per heavy atom. The third kappa shape index (κ3) is 55.7. The Hall–Kier alpha value is 0.194. The van der Waals surface area contributed by atoms with Crippen molar-refractivity contribution in [1.29, 1.82) is 0 Å². The Kier molecular flexibility index (Phi) is 53.4. The Labute approximate surface area is 132 Å². The average Bonchev–Trinajstić information content (AvgIpc) is 2.98. The van der Waals surface area contributed by atoms with Crippen LogP contribution in [-0.2, 0) is 21.7 Å². The minimum Gasteiger partial charge on any atom is -0.343 e. The molecule has 0 spiro atoms. The van der Waals surface area contributed by atoms with Gasteiger partial charge >= 0.3 is 21.7 Å². The molecule has 0 heterocycles. The maximum atomic E-state index is 3.60. The van der Waals surface area contributed by atoms with Crippen molar-refractivity contribution in [2.75, 3.05) is 0 Å². The van der Waals surface area contributed by atoms with Gasteiger partial charge in [0.15, 0.2) is 0 Å². The van der Waals surface area contributed by atoms with Crippen molar-refractivity contribution in [2.45, 2.75) is 65.7 Å². The molecule has 0 amide bonds. The summed E-state index contributed by atoms with van der Waals surface area (Å²) in [6.45, 7) is 17.2. The molecule has 0 fully saturated rings. The van der Waals surface area contributed by atoms with Crippen LogP contribution in [0.15, 0.2) is 18.2 Å². The van der Waals surface area contributed by atoms with E-state index >= 15 is 0 Å². The number of hydrogen-bond donors (Lipinski definition) is 0. The second kappa shape index (κ2) is 36.0. The monoisotopic (exact) mass is 284 g/mol. The van der Waals surface area contributed by atoms with E-state index in [1.807, 2.05) is 12.2 Å². The molecular formula is C17H32Ti. The first kappa shape index (κ1) is 26.7. The van der Waals surface area contributed by atoms with E-state index in [0.29, 0.717) is 0 Å². The summed E-state index contributed by atoms with van der Waals surface area (Å²) in [5.41, 5.74) is 0. The van der Waals surface area contributed by atoms with E-state index in [-0.39, 0.29) is 21.7 Å². The van der Waals surface area contributed by atoms with Gasteiger partial charge in [-0.1, -0.05) is 40.0 Å². The Balaban J connectivity index is -0.0000000719. The van der Waals surface area contributed by atoms with Crippen LogP contribution in [0.1, 0.15) is 65.7 Å². The summed E-state index contributed by atoms with van der Waals surface area (Å²) in [5.74, 6) is 0. The second-order valence-electron chi connectivity index (χ2n) is 3.56. The standard InChI is InChI=1S/C5H5.3C4H9.Ti/c1-2-4-5-3-1;3*1-3-4-2;/h1-3H,4H2;3*1,3-4H2,2H3;/q4*-1;+4. The summed E-state index contributed by atoms with van der Waals surface area (Å²) >= 11 is 0. The van der Waals surface area contributed by atoms with Crippen molar-refractivity contribution in [3.63, 3.8) is 0 Å². The van der Waals surface area contributed by atoms with Crippen LogP contribution < -0.4 is 0 Å². The smallest absolute Gasteiger partial charge is 0.343 e. The van der Waals surface area contributed by atoms with Crippen molar-refractivity contribution in [3.05, 3.63) is 45.1 Å². The fourth-order valence-corrected chi connectivity index (χ4v) is 0.340. The van der Waals surface area contributed by atoms with Gasteiger partial charge in [0.2, 0.25) is 0 Å². The van der Waals surface area contributed by atoms with Gasteiger partial charge in [0.05, 0.1) is 0 Å². The van der Waals surface area contributed by atoms with Crippen LogP contribution in [0.4, 0.5) is 0 Å². The van der Waals surface area contributed by atoms with E-state index in [1.165, 1.54) is 19.3 Å². The fraction of sp³-hybridized carbons (Fsp3) is 0.588. The summed E-state index contributed by atoms with van der Waals surface area (Å²) in [6, 6.07) is 0. The van der Waals surface area contributed by atoms with Crippen LogP contribution in [-0.4, -0.2) is 0 Å². The molecule has 0 unspecified atom stereocenters. The molecular weight excluding hydrogens is 252 g/mol. The topological polar surface area (TPSA) is 0 Å². The molecule has 0 nitrogen and oxygen atoms in total. The first-order valence-corrected chi connectivity index (χ1v) is 6.84. The first-order chi connectivity index (χ1) is 8.24. The number of rotatable bonds is 3. The van der Waals surface area contributed by atoms with Gasteiger partial charge < -0.3 is 20.8 Å². The largest absolute Gasteiger partial charge is 4.00 e. The van der Waals surface area contributed by atoms with E-state index in [1.54, 1.807) is 0 Å². The SMILES string of the molecule is [C-]1=CC=CC1.[CH2-]CCC.[CH2-]CCC.[CH2-]CCC.[Ti+4]. The van der Waals surface area contributed by atoms with Crippen molar-refractivity contribution < 1.29 is 21.7 Å². The Bertz CT molecular complexity index is 111. The average molecular weight is 284 g/mol. The molecule has 1 heteroatoms. The minimum absolute atomic E-state index is 0. The molecule has 0 N–H and O–H groups in total. The molecule has 1 aliphatic carbocycles. The van der Waals surface area contributed by atoms with E-state index in [4.69, 9.17) is 0 Å². The predicted octanol–water partition coefficient (Wildman–Crippen LogP) is 6.16. The summed E-state index contributed by atoms with van der Waals surface area (Å²) in [4.78, 5) is 0. The molecule has 0 atom stereocenters. The number of hydrogen-bond acceptors (Lipinski definition) is 0. The maximum absolute atomic E-state index is 3.60. The number of unbranched alkanes of at least 4 members (excludes halogenated alkanes) is 3. The summed E-state index contributed by atoms with van der Waals surface area (Å²) in [5, 5.41) is 0. The molecule has 1 rings (SSSR count). The molecule has 1 aliphatic rings. The predicted molar refractivity (Wildman–Crippen MR) is 82.4 cm³/mol. The van der Waals surface area contributed by atoms with Crippen LogP contribution in [0.3, 0.4) is 0 Å². The Morgan fingerprint density at radius 1 is 0.889 bits per heavy atom. The summed E-state index contributed by atoms with van der Waals surface area (Å²) in [6.07, 6.45) is 16.8. The summed E-state index contributed by atoms with van der Waals surface area (Å²) in [7, 11) is 0. The minimum atomic E-state index is 0. The maximum Gasteiger partial charge on any atom is 4.00 e. The first-order valence-electron chi connectivity index (χ1n) is 6.84. The van der Waals surface area contributed by atoms with Gasteiger partial charge in [-0.25, -0.2) is 12.2 Å². The molecule has 0 aromatic rings. The zero-order chi connectivity index (χ0) is 13.8. The van der Waals surface area contributed by atoms with Gasteiger partial charge in [-0.05, 0) is 0 Å². The van der Waals surface area contributed by atoms with Gasteiger partial charge in [0, 0.05) is 0 Å². The van der Waals surface area contributed by atoms with Crippen LogP contribution in [0.25, 0.3) is 0 Å². The van der Waals surface area contributed by atoms with Gasteiger partial charge in [0.1, 0.15) is 0 Å². The molecule has 0 aliphatic heterocycles. The Morgan fingerprint density at radius 2 is 1.22 bits per heavy atom. The van der Waals surface area contributed by atoms with Gasteiger partial charge in [-0.3, -0.25) is 6.08 Å². The van der Waals surface area contributed by atoms with Gasteiger partial charge in [-0.2, -0.15) is 25.3 Å². The molecule has 0 bridgehead atoms. The third-order valence-corrected chi connectivity index (χ3v) is 1.65. The van der Waals surface area contributed by atoms with Crippen LogP contribution >= 0.6 is 0 Å². The van der Waals surface area contributed by atoms with E-state index in [9.17, 15) is 0 Å². The third-order valence-electron chi connectivity index (χ3n) is 1.65. The van der Waals surface area contributed by atoms with Crippen molar-refractivity contribution in [3.8, 4) is 0 Å². The molecule has 0 aromatic carbocycles.